The lowest BCUT2D eigenvalue weighted by molar-refractivity contribution is 0.0824. The summed E-state index contributed by atoms with van der Waals surface area (Å²) in [6.07, 6.45) is 0. The number of carbonyl (C=O) groups is 1. The molecule has 0 radical (unpaired) electrons. The van der Waals surface area contributed by atoms with Crippen LogP contribution >= 0.6 is 11.6 Å². The molecular weight excluding hydrogens is 216 g/mol. The summed E-state index contributed by atoms with van der Waals surface area (Å²) in [7, 11) is 4.80. The number of methoxy groups -OCH3 is 1. The highest BCUT2D eigenvalue weighted by Gasteiger charge is 2.16. The summed E-state index contributed by atoms with van der Waals surface area (Å²) < 4.78 is 5.07. The maximum absolute atomic E-state index is 11.7. The molecule has 0 atom stereocenters. The lowest BCUT2D eigenvalue weighted by atomic mass is 10.1. The van der Waals surface area contributed by atoms with E-state index in [9.17, 15) is 4.79 Å². The Bertz CT molecular complexity index is 391. The quantitative estimate of drug-likeness (QED) is 0.783. The number of rotatable bonds is 2. The van der Waals surface area contributed by atoms with Gasteiger partial charge in [0.2, 0.25) is 0 Å². The van der Waals surface area contributed by atoms with Gasteiger partial charge in [0.1, 0.15) is 5.75 Å². The van der Waals surface area contributed by atoms with Gasteiger partial charge in [0.05, 0.1) is 23.4 Å². The number of halogens is 1. The second-order valence-corrected chi connectivity index (χ2v) is 3.68. The van der Waals surface area contributed by atoms with Gasteiger partial charge in [-0.2, -0.15) is 0 Å². The van der Waals surface area contributed by atoms with Gasteiger partial charge in [0.25, 0.3) is 5.91 Å². The number of nitrogens with zero attached hydrogens (tertiary/aromatic N) is 1. The summed E-state index contributed by atoms with van der Waals surface area (Å²) in [5.74, 6) is 0.254. The number of benzene rings is 1. The van der Waals surface area contributed by atoms with E-state index in [4.69, 9.17) is 22.1 Å². The van der Waals surface area contributed by atoms with E-state index in [0.717, 1.165) is 0 Å². The summed E-state index contributed by atoms with van der Waals surface area (Å²) in [6, 6.07) is 3.05. The van der Waals surface area contributed by atoms with Crippen LogP contribution in [0.25, 0.3) is 0 Å². The van der Waals surface area contributed by atoms with Crippen LogP contribution in [0.1, 0.15) is 10.4 Å². The minimum atomic E-state index is -0.172. The Morgan fingerprint density at radius 1 is 1.47 bits per heavy atom. The summed E-state index contributed by atoms with van der Waals surface area (Å²) in [5.41, 5.74) is 6.40. The summed E-state index contributed by atoms with van der Waals surface area (Å²) >= 11 is 5.84. The van der Waals surface area contributed by atoms with E-state index in [2.05, 4.69) is 0 Å². The van der Waals surface area contributed by atoms with Gasteiger partial charge in [-0.1, -0.05) is 11.6 Å². The SMILES string of the molecule is COc1cc(N)c(Cl)cc1C(=O)N(C)C. The lowest BCUT2D eigenvalue weighted by Crippen LogP contribution is -2.22. The maximum Gasteiger partial charge on any atom is 0.257 e. The second-order valence-electron chi connectivity index (χ2n) is 3.27. The van der Waals surface area contributed by atoms with Gasteiger partial charge in [-0.15, -0.1) is 0 Å². The molecule has 5 heteroatoms. The van der Waals surface area contributed by atoms with E-state index in [-0.39, 0.29) is 5.91 Å². The monoisotopic (exact) mass is 228 g/mol. The molecule has 0 aliphatic rings. The molecule has 1 aromatic rings. The van der Waals surface area contributed by atoms with Crippen LogP contribution in [0.4, 0.5) is 5.69 Å². The van der Waals surface area contributed by atoms with Crippen LogP contribution < -0.4 is 10.5 Å². The number of nitrogens with two attached hydrogens (primary N) is 1. The number of nitrogen functional groups attached to an aromatic ring is 1. The van der Waals surface area contributed by atoms with Crippen molar-refractivity contribution in [3.8, 4) is 5.75 Å². The van der Waals surface area contributed by atoms with Crippen LogP contribution in [0, 0.1) is 0 Å². The molecule has 2 N–H and O–H groups in total. The number of hydrogen-bond acceptors (Lipinski definition) is 3. The first-order valence-corrected chi connectivity index (χ1v) is 4.69. The van der Waals surface area contributed by atoms with E-state index >= 15 is 0 Å². The van der Waals surface area contributed by atoms with E-state index in [1.165, 1.54) is 18.1 Å². The average molecular weight is 229 g/mol. The Balaban J connectivity index is 3.27. The van der Waals surface area contributed by atoms with E-state index < -0.39 is 0 Å². The van der Waals surface area contributed by atoms with Crippen molar-refractivity contribution in [2.45, 2.75) is 0 Å². The molecule has 1 aromatic carbocycles. The molecule has 1 rings (SSSR count). The molecule has 0 aliphatic carbocycles. The van der Waals surface area contributed by atoms with Crippen molar-refractivity contribution in [2.24, 2.45) is 0 Å². The summed E-state index contributed by atoms with van der Waals surface area (Å²) in [6.45, 7) is 0. The molecule has 15 heavy (non-hydrogen) atoms. The maximum atomic E-state index is 11.7. The molecule has 82 valence electrons. The second kappa shape index (κ2) is 4.40. The average Bonchev–Trinajstić information content (AvgIpc) is 2.20. The zero-order valence-electron chi connectivity index (χ0n) is 8.87. The van der Waals surface area contributed by atoms with Crippen molar-refractivity contribution in [3.63, 3.8) is 0 Å². The first-order valence-electron chi connectivity index (χ1n) is 4.32. The van der Waals surface area contributed by atoms with Crippen LogP contribution in [-0.2, 0) is 0 Å². The van der Waals surface area contributed by atoms with Gasteiger partial charge in [0, 0.05) is 20.2 Å². The van der Waals surface area contributed by atoms with Crippen molar-refractivity contribution in [1.29, 1.82) is 0 Å². The van der Waals surface area contributed by atoms with Crippen molar-refractivity contribution in [2.75, 3.05) is 26.9 Å². The van der Waals surface area contributed by atoms with Gasteiger partial charge in [0.15, 0.2) is 0 Å². The van der Waals surface area contributed by atoms with Crippen molar-refractivity contribution in [3.05, 3.63) is 22.7 Å². The third kappa shape index (κ3) is 2.33. The fraction of sp³-hybridized carbons (Fsp3) is 0.300. The Hall–Kier alpha value is -1.42. The van der Waals surface area contributed by atoms with Crippen molar-refractivity contribution >= 4 is 23.2 Å². The highest BCUT2D eigenvalue weighted by Crippen LogP contribution is 2.29. The normalized spacial score (nSPS) is 9.87. The van der Waals surface area contributed by atoms with E-state index in [0.29, 0.717) is 22.0 Å². The summed E-state index contributed by atoms with van der Waals surface area (Å²) in [5, 5.41) is 0.348. The van der Waals surface area contributed by atoms with E-state index in [1.807, 2.05) is 0 Å². The predicted molar refractivity (Wildman–Crippen MR) is 60.4 cm³/mol. The number of ether oxygens (including phenoxy) is 1. The standard InChI is InChI=1S/C10H13ClN2O2/c1-13(2)10(14)6-4-7(11)8(12)5-9(6)15-3/h4-5H,12H2,1-3H3. The molecule has 1 amide bonds. The van der Waals surface area contributed by atoms with E-state index in [1.54, 1.807) is 20.2 Å². The Morgan fingerprint density at radius 2 is 2.07 bits per heavy atom. The molecule has 0 aliphatic heterocycles. The first kappa shape index (κ1) is 11.7. The Labute approximate surface area is 93.6 Å². The van der Waals surface area contributed by atoms with Crippen LogP contribution in [0.5, 0.6) is 5.75 Å². The Morgan fingerprint density at radius 3 is 2.53 bits per heavy atom. The van der Waals surface area contributed by atoms with Gasteiger partial charge in [-0.3, -0.25) is 4.79 Å². The smallest absolute Gasteiger partial charge is 0.257 e. The molecule has 0 saturated carbocycles. The zero-order valence-corrected chi connectivity index (χ0v) is 9.63. The Kier molecular flexibility index (Phi) is 3.42. The molecule has 4 nitrogen and oxygen atoms in total. The van der Waals surface area contributed by atoms with Gasteiger partial charge in [-0.25, -0.2) is 0 Å². The fourth-order valence-corrected chi connectivity index (χ4v) is 1.31. The van der Waals surface area contributed by atoms with Gasteiger partial charge in [-0.05, 0) is 6.07 Å². The topological polar surface area (TPSA) is 55.6 Å². The molecular formula is C10H13ClN2O2. The van der Waals surface area contributed by atoms with Gasteiger partial charge >= 0.3 is 0 Å². The lowest BCUT2D eigenvalue weighted by Gasteiger charge is -2.14. The van der Waals surface area contributed by atoms with Crippen molar-refractivity contribution < 1.29 is 9.53 Å². The zero-order chi connectivity index (χ0) is 11.6. The van der Waals surface area contributed by atoms with Crippen LogP contribution in [0.2, 0.25) is 5.02 Å². The molecule has 0 aromatic heterocycles. The van der Waals surface area contributed by atoms with Crippen LogP contribution in [0.3, 0.4) is 0 Å². The first-order chi connectivity index (χ1) is 6.97. The van der Waals surface area contributed by atoms with Gasteiger partial charge < -0.3 is 15.4 Å². The molecule has 0 saturated heterocycles. The minimum Gasteiger partial charge on any atom is -0.496 e. The number of hydrogen-bond donors (Lipinski definition) is 1. The molecule has 0 bridgehead atoms. The van der Waals surface area contributed by atoms with Crippen LogP contribution in [-0.4, -0.2) is 32.0 Å². The third-order valence-electron chi connectivity index (χ3n) is 1.96. The highest BCUT2D eigenvalue weighted by molar-refractivity contribution is 6.33. The summed E-state index contributed by atoms with van der Waals surface area (Å²) in [4.78, 5) is 13.2. The number of amides is 1. The molecule has 0 fully saturated rings. The fourth-order valence-electron chi connectivity index (χ4n) is 1.15. The van der Waals surface area contributed by atoms with Crippen molar-refractivity contribution in [1.82, 2.24) is 4.90 Å². The molecule has 0 unspecified atom stereocenters. The molecule has 0 heterocycles. The number of anilines is 1. The third-order valence-corrected chi connectivity index (χ3v) is 2.28. The number of carbonyl (C=O) groups excluding carboxylic acids is 1. The predicted octanol–water partition coefficient (Wildman–Crippen LogP) is 1.63. The minimum absolute atomic E-state index is 0.172. The molecule has 0 spiro atoms. The largest absolute Gasteiger partial charge is 0.496 e. The van der Waals surface area contributed by atoms with Crippen LogP contribution in [0.15, 0.2) is 12.1 Å². The highest BCUT2D eigenvalue weighted by atomic mass is 35.5.